The molecular weight excluding hydrogens is 232 g/mol. The van der Waals surface area contributed by atoms with E-state index < -0.39 is 0 Å². The highest BCUT2D eigenvalue weighted by Crippen LogP contribution is 2.34. The summed E-state index contributed by atoms with van der Waals surface area (Å²) in [6, 6.07) is 0. The maximum absolute atomic E-state index is 5.61. The summed E-state index contributed by atoms with van der Waals surface area (Å²) in [7, 11) is 0. The van der Waals surface area contributed by atoms with Crippen LogP contribution in [0.3, 0.4) is 0 Å². The van der Waals surface area contributed by atoms with E-state index in [1.165, 1.54) is 0 Å². The standard InChI is InChI=1S/C14H24O4/c1-4-13(6-15-7-13)10-17-12(3)18-11-14(5-2)8-16-9-14/h3-11H2,1-2H3. The van der Waals surface area contributed by atoms with Gasteiger partial charge in [-0.15, -0.1) is 0 Å². The average molecular weight is 256 g/mol. The van der Waals surface area contributed by atoms with E-state index >= 15 is 0 Å². The van der Waals surface area contributed by atoms with Gasteiger partial charge in [-0.2, -0.15) is 0 Å². The molecule has 0 amide bonds. The van der Waals surface area contributed by atoms with Crippen molar-refractivity contribution < 1.29 is 18.9 Å². The van der Waals surface area contributed by atoms with E-state index in [-0.39, 0.29) is 10.8 Å². The molecule has 104 valence electrons. The summed E-state index contributed by atoms with van der Waals surface area (Å²) in [4.78, 5) is 0. The lowest BCUT2D eigenvalue weighted by atomic mass is 9.84. The van der Waals surface area contributed by atoms with E-state index in [4.69, 9.17) is 18.9 Å². The zero-order valence-electron chi connectivity index (χ0n) is 11.5. The van der Waals surface area contributed by atoms with Crippen molar-refractivity contribution in [2.45, 2.75) is 26.7 Å². The number of hydrogen-bond donors (Lipinski definition) is 0. The van der Waals surface area contributed by atoms with Gasteiger partial charge in [-0.1, -0.05) is 13.8 Å². The Bertz CT molecular complexity index is 253. The Hall–Kier alpha value is -0.740. The van der Waals surface area contributed by atoms with Crippen LogP contribution < -0.4 is 0 Å². The highest BCUT2D eigenvalue weighted by molar-refractivity contribution is 4.88. The minimum absolute atomic E-state index is 0.175. The molecule has 18 heavy (non-hydrogen) atoms. The Morgan fingerprint density at radius 1 is 0.944 bits per heavy atom. The van der Waals surface area contributed by atoms with Gasteiger partial charge in [0.25, 0.3) is 5.95 Å². The first-order chi connectivity index (χ1) is 8.64. The summed E-state index contributed by atoms with van der Waals surface area (Å²) < 4.78 is 21.7. The fraction of sp³-hybridized carbons (Fsp3) is 0.857. The molecule has 0 aromatic rings. The minimum atomic E-state index is 0.175. The van der Waals surface area contributed by atoms with Crippen molar-refractivity contribution in [1.29, 1.82) is 0 Å². The van der Waals surface area contributed by atoms with Gasteiger partial charge in [0, 0.05) is 0 Å². The van der Waals surface area contributed by atoms with Crippen molar-refractivity contribution in [1.82, 2.24) is 0 Å². The second kappa shape index (κ2) is 5.49. The van der Waals surface area contributed by atoms with E-state index in [1.807, 2.05) is 0 Å². The molecule has 2 fully saturated rings. The summed E-state index contributed by atoms with van der Waals surface area (Å²) >= 11 is 0. The van der Waals surface area contributed by atoms with E-state index in [0.717, 1.165) is 39.3 Å². The molecule has 2 saturated heterocycles. The molecule has 0 aliphatic carbocycles. The van der Waals surface area contributed by atoms with Crippen LogP contribution >= 0.6 is 0 Å². The van der Waals surface area contributed by atoms with Crippen molar-refractivity contribution in [2.24, 2.45) is 10.8 Å². The van der Waals surface area contributed by atoms with E-state index in [2.05, 4.69) is 20.4 Å². The maximum Gasteiger partial charge on any atom is 0.271 e. The SMILES string of the molecule is C=C(OCC1(CC)COC1)OCC1(CC)COC1. The van der Waals surface area contributed by atoms with Crippen LogP contribution in [0, 0.1) is 10.8 Å². The number of ether oxygens (including phenoxy) is 4. The summed E-state index contributed by atoms with van der Waals surface area (Å²) in [6.07, 6.45) is 2.13. The second-order valence-corrected chi connectivity index (χ2v) is 5.64. The third-order valence-corrected chi connectivity index (χ3v) is 4.21. The van der Waals surface area contributed by atoms with Gasteiger partial charge in [0.05, 0.1) is 37.3 Å². The van der Waals surface area contributed by atoms with Crippen molar-refractivity contribution in [3.05, 3.63) is 12.5 Å². The fourth-order valence-electron chi connectivity index (χ4n) is 2.07. The van der Waals surface area contributed by atoms with Gasteiger partial charge >= 0.3 is 0 Å². The van der Waals surface area contributed by atoms with E-state index in [9.17, 15) is 0 Å². The minimum Gasteiger partial charge on any atom is -0.465 e. The van der Waals surface area contributed by atoms with Crippen molar-refractivity contribution in [3.63, 3.8) is 0 Å². The molecule has 0 aromatic heterocycles. The van der Waals surface area contributed by atoms with Gasteiger partial charge < -0.3 is 18.9 Å². The molecule has 0 N–H and O–H groups in total. The molecule has 0 unspecified atom stereocenters. The number of rotatable bonds is 8. The lowest BCUT2D eigenvalue weighted by Crippen LogP contribution is -2.46. The van der Waals surface area contributed by atoms with Crippen LogP contribution in [-0.4, -0.2) is 39.6 Å². The largest absolute Gasteiger partial charge is 0.465 e. The maximum atomic E-state index is 5.61. The second-order valence-electron chi connectivity index (χ2n) is 5.64. The molecule has 4 nitrogen and oxygen atoms in total. The Kier molecular flexibility index (Phi) is 4.17. The average Bonchev–Trinajstić information content (AvgIpc) is 2.27. The normalized spacial score (nSPS) is 23.7. The molecule has 0 radical (unpaired) electrons. The van der Waals surface area contributed by atoms with Crippen molar-refractivity contribution in [3.8, 4) is 0 Å². The molecule has 4 heteroatoms. The van der Waals surface area contributed by atoms with Gasteiger partial charge in [-0.05, 0) is 19.4 Å². The number of hydrogen-bond acceptors (Lipinski definition) is 4. The van der Waals surface area contributed by atoms with Crippen molar-refractivity contribution >= 4 is 0 Å². The molecule has 0 bridgehead atoms. The van der Waals surface area contributed by atoms with Gasteiger partial charge in [0.2, 0.25) is 0 Å². The summed E-state index contributed by atoms with van der Waals surface area (Å²) in [5.41, 5.74) is 0.350. The van der Waals surface area contributed by atoms with E-state index in [0.29, 0.717) is 19.2 Å². The lowest BCUT2D eigenvalue weighted by Gasteiger charge is -2.41. The lowest BCUT2D eigenvalue weighted by molar-refractivity contribution is -0.171. The third-order valence-electron chi connectivity index (χ3n) is 4.21. The Morgan fingerprint density at radius 3 is 1.56 bits per heavy atom. The Morgan fingerprint density at radius 2 is 1.33 bits per heavy atom. The first-order valence-electron chi connectivity index (χ1n) is 6.74. The Balaban J connectivity index is 1.66. The van der Waals surface area contributed by atoms with E-state index in [1.54, 1.807) is 0 Å². The van der Waals surface area contributed by atoms with Crippen molar-refractivity contribution in [2.75, 3.05) is 39.6 Å². The molecular formula is C14H24O4. The first-order valence-corrected chi connectivity index (χ1v) is 6.74. The highest BCUT2D eigenvalue weighted by Gasteiger charge is 2.39. The predicted octanol–water partition coefficient (Wildman–Crippen LogP) is 2.34. The third kappa shape index (κ3) is 2.81. The van der Waals surface area contributed by atoms with Gasteiger partial charge in [0.1, 0.15) is 13.2 Å². The molecule has 2 aliphatic rings. The molecule has 0 atom stereocenters. The zero-order chi connectivity index (χ0) is 13.1. The Labute approximate surface area is 109 Å². The molecule has 2 aliphatic heterocycles. The van der Waals surface area contributed by atoms with Crippen LogP contribution in [0.4, 0.5) is 0 Å². The monoisotopic (exact) mass is 256 g/mol. The molecule has 0 saturated carbocycles. The van der Waals surface area contributed by atoms with Gasteiger partial charge in [-0.3, -0.25) is 0 Å². The molecule has 0 aromatic carbocycles. The summed E-state index contributed by atoms with van der Waals surface area (Å²) in [5.74, 6) is 0.425. The highest BCUT2D eigenvalue weighted by atomic mass is 16.7. The van der Waals surface area contributed by atoms with Crippen LogP contribution in [0.1, 0.15) is 26.7 Å². The fourth-order valence-corrected chi connectivity index (χ4v) is 2.07. The van der Waals surface area contributed by atoms with Crippen LogP contribution in [0.25, 0.3) is 0 Å². The molecule has 0 spiro atoms. The van der Waals surface area contributed by atoms with Gasteiger partial charge in [-0.25, -0.2) is 0 Å². The molecule has 2 heterocycles. The summed E-state index contributed by atoms with van der Waals surface area (Å²) in [5, 5.41) is 0. The topological polar surface area (TPSA) is 36.9 Å². The predicted molar refractivity (Wildman–Crippen MR) is 68.1 cm³/mol. The molecule has 2 rings (SSSR count). The van der Waals surface area contributed by atoms with Crippen LogP contribution in [0.15, 0.2) is 12.5 Å². The summed E-state index contributed by atoms with van der Waals surface area (Å²) in [6.45, 7) is 12.5. The van der Waals surface area contributed by atoms with Crippen LogP contribution in [0.5, 0.6) is 0 Å². The van der Waals surface area contributed by atoms with Crippen LogP contribution in [0.2, 0.25) is 0 Å². The zero-order valence-corrected chi connectivity index (χ0v) is 11.5. The van der Waals surface area contributed by atoms with Gasteiger partial charge in [0.15, 0.2) is 0 Å². The van der Waals surface area contributed by atoms with Crippen LogP contribution in [-0.2, 0) is 18.9 Å². The smallest absolute Gasteiger partial charge is 0.271 e. The first kappa shape index (κ1) is 13.7. The quantitative estimate of drug-likeness (QED) is 0.625.